The molecule has 0 saturated carbocycles. The molecule has 1 rings (SSSR count). The fourth-order valence-corrected chi connectivity index (χ4v) is 2.06. The molecule has 0 saturated heterocycles. The molecule has 0 aliphatic heterocycles. The van der Waals surface area contributed by atoms with Crippen LogP contribution in [0.1, 0.15) is 13.3 Å². The van der Waals surface area contributed by atoms with E-state index in [1.165, 1.54) is 0 Å². The number of methoxy groups -OCH3 is 1. The summed E-state index contributed by atoms with van der Waals surface area (Å²) in [6, 6.07) is 5.73. The number of ether oxygens (including phenoxy) is 2. The molecule has 0 aliphatic carbocycles. The Bertz CT molecular complexity index is 416. The van der Waals surface area contributed by atoms with Crippen molar-refractivity contribution in [1.29, 1.82) is 0 Å². The number of benzene rings is 1. The Kier molecular flexibility index (Phi) is 7.78. The largest absolute Gasteiger partial charge is 0.495 e. The minimum absolute atomic E-state index is 0.598. The molecule has 106 valence electrons. The van der Waals surface area contributed by atoms with E-state index < -0.39 is 0 Å². The first-order valence-electron chi connectivity index (χ1n) is 6.13. The van der Waals surface area contributed by atoms with Crippen molar-refractivity contribution in [3.63, 3.8) is 0 Å². The van der Waals surface area contributed by atoms with E-state index >= 15 is 0 Å². The summed E-state index contributed by atoms with van der Waals surface area (Å²) in [5, 5.41) is 6.84. The molecule has 0 bridgehead atoms. The van der Waals surface area contributed by atoms with Gasteiger partial charge in [-0.2, -0.15) is 0 Å². The van der Waals surface area contributed by atoms with E-state index in [0.29, 0.717) is 5.11 Å². The van der Waals surface area contributed by atoms with Crippen LogP contribution < -0.4 is 15.4 Å². The third-order valence-electron chi connectivity index (χ3n) is 2.36. The molecule has 6 heteroatoms. The van der Waals surface area contributed by atoms with Crippen LogP contribution in [0.25, 0.3) is 0 Å². The van der Waals surface area contributed by atoms with Crippen LogP contribution in [0.15, 0.2) is 22.7 Å². The van der Waals surface area contributed by atoms with E-state index in [1.54, 1.807) is 7.11 Å². The van der Waals surface area contributed by atoms with E-state index in [9.17, 15) is 0 Å². The number of anilines is 1. The van der Waals surface area contributed by atoms with E-state index in [-0.39, 0.29) is 0 Å². The van der Waals surface area contributed by atoms with Gasteiger partial charge in [0.1, 0.15) is 5.75 Å². The first kappa shape index (κ1) is 16.2. The SMILES string of the molecule is CCOCCCNC(=S)Nc1ccc(Br)c(OC)c1. The third kappa shape index (κ3) is 6.22. The predicted molar refractivity (Wildman–Crippen MR) is 86.0 cm³/mol. The molecular formula is C13H19BrN2O2S. The van der Waals surface area contributed by atoms with Gasteiger partial charge in [0, 0.05) is 31.5 Å². The molecule has 0 aliphatic rings. The number of hydrogen-bond acceptors (Lipinski definition) is 3. The van der Waals surface area contributed by atoms with Gasteiger partial charge in [0.05, 0.1) is 11.6 Å². The third-order valence-corrected chi connectivity index (χ3v) is 3.27. The summed E-state index contributed by atoms with van der Waals surface area (Å²) < 4.78 is 11.4. The number of rotatable bonds is 7. The fourth-order valence-electron chi connectivity index (χ4n) is 1.43. The topological polar surface area (TPSA) is 42.5 Å². The molecule has 0 radical (unpaired) electrons. The first-order chi connectivity index (χ1) is 9.17. The average Bonchev–Trinajstić information content (AvgIpc) is 2.40. The average molecular weight is 347 g/mol. The number of halogens is 1. The minimum Gasteiger partial charge on any atom is -0.495 e. The van der Waals surface area contributed by atoms with E-state index in [1.807, 2.05) is 25.1 Å². The van der Waals surface area contributed by atoms with Gasteiger partial charge >= 0.3 is 0 Å². The Morgan fingerprint density at radius 2 is 2.21 bits per heavy atom. The molecule has 0 heterocycles. The lowest BCUT2D eigenvalue weighted by molar-refractivity contribution is 0.146. The van der Waals surface area contributed by atoms with E-state index in [2.05, 4.69) is 26.6 Å². The van der Waals surface area contributed by atoms with Gasteiger partial charge < -0.3 is 20.1 Å². The van der Waals surface area contributed by atoms with Crippen molar-refractivity contribution in [2.75, 3.05) is 32.2 Å². The highest BCUT2D eigenvalue weighted by Crippen LogP contribution is 2.27. The Morgan fingerprint density at radius 3 is 2.89 bits per heavy atom. The second-order valence-electron chi connectivity index (χ2n) is 3.78. The van der Waals surface area contributed by atoms with Gasteiger partial charge in [-0.15, -0.1) is 0 Å². The summed E-state index contributed by atoms with van der Waals surface area (Å²) in [5.74, 6) is 0.768. The zero-order valence-electron chi connectivity index (χ0n) is 11.2. The van der Waals surface area contributed by atoms with Crippen LogP contribution in [0.3, 0.4) is 0 Å². The van der Waals surface area contributed by atoms with E-state index in [0.717, 1.165) is 42.1 Å². The molecule has 1 aromatic carbocycles. The fraction of sp³-hybridized carbons (Fsp3) is 0.462. The van der Waals surface area contributed by atoms with Crippen molar-refractivity contribution >= 4 is 38.9 Å². The van der Waals surface area contributed by atoms with Gasteiger partial charge in [-0.3, -0.25) is 0 Å². The zero-order valence-corrected chi connectivity index (χ0v) is 13.6. The summed E-state index contributed by atoms with van der Waals surface area (Å²) in [6.07, 6.45) is 0.930. The van der Waals surface area contributed by atoms with Crippen molar-refractivity contribution in [2.24, 2.45) is 0 Å². The molecule has 0 fully saturated rings. The van der Waals surface area contributed by atoms with Gasteiger partial charge in [0.25, 0.3) is 0 Å². The van der Waals surface area contributed by atoms with Crippen LogP contribution >= 0.6 is 28.1 Å². The Morgan fingerprint density at radius 1 is 1.42 bits per heavy atom. The van der Waals surface area contributed by atoms with Crippen LogP contribution in [0.5, 0.6) is 5.75 Å². The lowest BCUT2D eigenvalue weighted by atomic mass is 10.3. The van der Waals surface area contributed by atoms with Crippen molar-refractivity contribution in [2.45, 2.75) is 13.3 Å². The predicted octanol–water partition coefficient (Wildman–Crippen LogP) is 3.17. The van der Waals surface area contributed by atoms with Crippen molar-refractivity contribution in [1.82, 2.24) is 5.32 Å². The van der Waals surface area contributed by atoms with Crippen LogP contribution in [0, 0.1) is 0 Å². The zero-order chi connectivity index (χ0) is 14.1. The van der Waals surface area contributed by atoms with Crippen molar-refractivity contribution in [3.8, 4) is 5.75 Å². The lowest BCUT2D eigenvalue weighted by Crippen LogP contribution is -2.29. The summed E-state index contributed by atoms with van der Waals surface area (Å²) in [4.78, 5) is 0. The Labute approximate surface area is 128 Å². The van der Waals surface area contributed by atoms with Crippen LogP contribution in [-0.2, 0) is 4.74 Å². The summed E-state index contributed by atoms with van der Waals surface area (Å²) in [7, 11) is 1.63. The maximum atomic E-state index is 5.25. The van der Waals surface area contributed by atoms with Crippen molar-refractivity contribution < 1.29 is 9.47 Å². The summed E-state index contributed by atoms with van der Waals surface area (Å²) in [5.41, 5.74) is 0.891. The van der Waals surface area contributed by atoms with Crippen LogP contribution in [-0.4, -0.2) is 32.0 Å². The van der Waals surface area contributed by atoms with Gasteiger partial charge in [-0.1, -0.05) is 0 Å². The molecule has 0 unspecified atom stereocenters. The second kappa shape index (κ2) is 9.12. The highest BCUT2D eigenvalue weighted by Gasteiger charge is 2.03. The van der Waals surface area contributed by atoms with Crippen molar-refractivity contribution in [3.05, 3.63) is 22.7 Å². The normalized spacial score (nSPS) is 10.1. The smallest absolute Gasteiger partial charge is 0.170 e. The molecule has 0 amide bonds. The molecule has 4 nitrogen and oxygen atoms in total. The molecule has 0 spiro atoms. The highest BCUT2D eigenvalue weighted by atomic mass is 79.9. The van der Waals surface area contributed by atoms with Gasteiger partial charge in [0.2, 0.25) is 0 Å². The maximum absolute atomic E-state index is 5.25. The van der Waals surface area contributed by atoms with Gasteiger partial charge in [0.15, 0.2) is 5.11 Å². The highest BCUT2D eigenvalue weighted by molar-refractivity contribution is 9.10. The number of thiocarbonyl (C=S) groups is 1. The van der Waals surface area contributed by atoms with E-state index in [4.69, 9.17) is 21.7 Å². The molecule has 19 heavy (non-hydrogen) atoms. The molecule has 1 aromatic rings. The minimum atomic E-state index is 0.598. The Hall–Kier alpha value is -0.850. The standard InChI is InChI=1S/C13H19BrN2O2S/c1-3-18-8-4-7-15-13(19)16-10-5-6-11(14)12(9-10)17-2/h5-6,9H,3-4,7-8H2,1-2H3,(H2,15,16,19). The lowest BCUT2D eigenvalue weighted by Gasteiger charge is -2.12. The second-order valence-corrected chi connectivity index (χ2v) is 5.04. The molecule has 2 N–H and O–H groups in total. The molecular weight excluding hydrogens is 328 g/mol. The number of nitrogens with one attached hydrogen (secondary N) is 2. The van der Waals surface area contributed by atoms with Crippen LogP contribution in [0.4, 0.5) is 5.69 Å². The monoisotopic (exact) mass is 346 g/mol. The first-order valence-corrected chi connectivity index (χ1v) is 7.33. The van der Waals surface area contributed by atoms with Gasteiger partial charge in [-0.25, -0.2) is 0 Å². The quantitative estimate of drug-likeness (QED) is 0.586. The van der Waals surface area contributed by atoms with Gasteiger partial charge in [-0.05, 0) is 53.6 Å². The summed E-state index contributed by atoms with van der Waals surface area (Å²) >= 11 is 8.62. The number of hydrogen-bond donors (Lipinski definition) is 2. The molecule has 0 aromatic heterocycles. The maximum Gasteiger partial charge on any atom is 0.170 e. The summed E-state index contributed by atoms with van der Waals surface area (Å²) in [6.45, 7) is 4.28. The van der Waals surface area contributed by atoms with Crippen LogP contribution in [0.2, 0.25) is 0 Å². The molecule has 0 atom stereocenters. The Balaban J connectivity index is 2.35.